The molecule has 1 N–H and O–H groups in total. The number of thiocarbonyl (C=S) groups is 1. The summed E-state index contributed by atoms with van der Waals surface area (Å²) < 4.78 is 7.84. The second-order valence-electron chi connectivity index (χ2n) is 7.85. The largest absolute Gasteiger partial charge is 0.494 e. The van der Waals surface area contributed by atoms with Gasteiger partial charge in [0.15, 0.2) is 5.11 Å². The maximum Gasteiger partial charge on any atom is 0.170 e. The molecule has 2 atom stereocenters. The number of benzene rings is 1. The van der Waals surface area contributed by atoms with Crippen LogP contribution in [0.5, 0.6) is 5.75 Å². The molecule has 4 rings (SSSR count). The van der Waals surface area contributed by atoms with E-state index < -0.39 is 0 Å². The van der Waals surface area contributed by atoms with Crippen molar-refractivity contribution in [3.8, 4) is 11.4 Å². The van der Waals surface area contributed by atoms with E-state index in [4.69, 9.17) is 17.0 Å². The lowest BCUT2D eigenvalue weighted by molar-refractivity contribution is 0.272. The van der Waals surface area contributed by atoms with Crippen LogP contribution in [0.1, 0.15) is 30.4 Å². The van der Waals surface area contributed by atoms with E-state index in [1.807, 2.05) is 37.4 Å². The van der Waals surface area contributed by atoms with Gasteiger partial charge in [-0.2, -0.15) is 0 Å². The number of rotatable bonds is 8. The molecule has 0 aliphatic carbocycles. The van der Waals surface area contributed by atoms with E-state index in [2.05, 4.69) is 75.3 Å². The molecule has 3 heterocycles. The molecule has 2 unspecified atom stereocenters. The molecule has 7 heteroatoms. The number of hydrogen-bond donors (Lipinski definition) is 1. The summed E-state index contributed by atoms with van der Waals surface area (Å²) in [4.78, 5) is 9.10. The molecule has 1 saturated heterocycles. The highest BCUT2D eigenvalue weighted by atomic mass is 32.1. The zero-order valence-electron chi connectivity index (χ0n) is 18.2. The Bertz CT molecular complexity index is 1000. The van der Waals surface area contributed by atoms with Crippen LogP contribution in [0.15, 0.2) is 67.0 Å². The SMILES string of the molecule is CCOc1ccc(-n2cccc2C2C(c3ccccn3)NC(=S)N2CCN(C)C)cc1. The van der Waals surface area contributed by atoms with Crippen LogP contribution in [0.25, 0.3) is 5.69 Å². The number of likely N-dealkylation sites (N-methyl/N-ethyl adjacent to an activating group) is 1. The van der Waals surface area contributed by atoms with Gasteiger partial charge in [0.05, 0.1) is 24.4 Å². The molecular formula is C24H29N5OS. The lowest BCUT2D eigenvalue weighted by atomic mass is 10.0. The zero-order valence-corrected chi connectivity index (χ0v) is 19.0. The number of pyridine rings is 1. The Morgan fingerprint density at radius 2 is 1.90 bits per heavy atom. The van der Waals surface area contributed by atoms with Crippen molar-refractivity contribution in [2.24, 2.45) is 0 Å². The lowest BCUT2D eigenvalue weighted by Gasteiger charge is -2.29. The normalized spacial score (nSPS) is 18.5. The molecule has 0 spiro atoms. The summed E-state index contributed by atoms with van der Waals surface area (Å²) in [6.07, 6.45) is 3.94. The van der Waals surface area contributed by atoms with Gasteiger partial charge in [0.1, 0.15) is 5.75 Å². The van der Waals surface area contributed by atoms with Crippen LogP contribution in [0.3, 0.4) is 0 Å². The van der Waals surface area contributed by atoms with Crippen molar-refractivity contribution >= 4 is 17.3 Å². The van der Waals surface area contributed by atoms with Crippen molar-refractivity contribution in [3.05, 3.63) is 78.4 Å². The van der Waals surface area contributed by atoms with Crippen LogP contribution in [-0.2, 0) is 0 Å². The summed E-state index contributed by atoms with van der Waals surface area (Å²) >= 11 is 5.77. The highest BCUT2D eigenvalue weighted by Crippen LogP contribution is 2.39. The molecule has 2 aromatic heterocycles. The van der Waals surface area contributed by atoms with Crippen LogP contribution < -0.4 is 10.1 Å². The topological polar surface area (TPSA) is 45.6 Å². The molecule has 162 valence electrons. The minimum absolute atomic E-state index is 0.0211. The third-order valence-electron chi connectivity index (χ3n) is 5.50. The van der Waals surface area contributed by atoms with Gasteiger partial charge in [-0.05, 0) is 81.8 Å². The molecule has 0 bridgehead atoms. The highest BCUT2D eigenvalue weighted by molar-refractivity contribution is 7.80. The number of hydrogen-bond acceptors (Lipinski definition) is 4. The Morgan fingerprint density at radius 1 is 1.10 bits per heavy atom. The van der Waals surface area contributed by atoms with E-state index in [0.717, 1.165) is 35.3 Å². The first-order valence-electron chi connectivity index (χ1n) is 10.6. The van der Waals surface area contributed by atoms with Crippen molar-refractivity contribution in [2.75, 3.05) is 33.8 Å². The summed E-state index contributed by atoms with van der Waals surface area (Å²) in [5.74, 6) is 0.877. The summed E-state index contributed by atoms with van der Waals surface area (Å²) in [6.45, 7) is 4.40. The van der Waals surface area contributed by atoms with Gasteiger partial charge in [0.2, 0.25) is 0 Å². The van der Waals surface area contributed by atoms with Crippen molar-refractivity contribution in [3.63, 3.8) is 0 Å². The first-order valence-corrected chi connectivity index (χ1v) is 11.0. The van der Waals surface area contributed by atoms with Crippen molar-refractivity contribution < 1.29 is 4.74 Å². The van der Waals surface area contributed by atoms with E-state index in [1.165, 1.54) is 5.69 Å². The fourth-order valence-corrected chi connectivity index (χ4v) is 4.35. The van der Waals surface area contributed by atoms with Gasteiger partial charge in [-0.3, -0.25) is 4.98 Å². The molecule has 1 fully saturated rings. The Balaban J connectivity index is 1.73. The van der Waals surface area contributed by atoms with Gasteiger partial charge >= 0.3 is 0 Å². The average Bonchev–Trinajstić information content (AvgIpc) is 3.38. The van der Waals surface area contributed by atoms with Crippen molar-refractivity contribution in [1.29, 1.82) is 0 Å². The third-order valence-corrected chi connectivity index (χ3v) is 5.85. The highest BCUT2D eigenvalue weighted by Gasteiger charge is 2.41. The minimum Gasteiger partial charge on any atom is -0.494 e. The van der Waals surface area contributed by atoms with Gasteiger partial charge < -0.3 is 24.4 Å². The monoisotopic (exact) mass is 435 g/mol. The second kappa shape index (κ2) is 9.49. The van der Waals surface area contributed by atoms with Gasteiger partial charge in [-0.1, -0.05) is 6.07 Å². The Morgan fingerprint density at radius 3 is 2.58 bits per heavy atom. The van der Waals surface area contributed by atoms with Crippen LogP contribution in [-0.4, -0.2) is 58.3 Å². The number of nitrogens with one attached hydrogen (secondary N) is 1. The molecule has 1 aliphatic rings. The van der Waals surface area contributed by atoms with Crippen LogP contribution in [0, 0.1) is 0 Å². The van der Waals surface area contributed by atoms with Crippen LogP contribution >= 0.6 is 12.2 Å². The Labute approximate surface area is 189 Å². The summed E-state index contributed by atoms with van der Waals surface area (Å²) in [7, 11) is 4.17. The Hall–Kier alpha value is -2.90. The Kier molecular flexibility index (Phi) is 6.53. The van der Waals surface area contributed by atoms with Gasteiger partial charge in [0, 0.05) is 36.9 Å². The lowest BCUT2D eigenvalue weighted by Crippen LogP contribution is -2.36. The molecule has 31 heavy (non-hydrogen) atoms. The van der Waals surface area contributed by atoms with Crippen LogP contribution in [0.2, 0.25) is 0 Å². The third kappa shape index (κ3) is 4.57. The molecule has 0 radical (unpaired) electrons. The van der Waals surface area contributed by atoms with E-state index in [0.29, 0.717) is 6.61 Å². The van der Waals surface area contributed by atoms with Crippen molar-refractivity contribution in [1.82, 2.24) is 24.7 Å². The van der Waals surface area contributed by atoms with Gasteiger partial charge in [-0.15, -0.1) is 0 Å². The van der Waals surface area contributed by atoms with E-state index in [9.17, 15) is 0 Å². The first kappa shape index (κ1) is 21.3. The fourth-order valence-electron chi connectivity index (χ4n) is 4.02. The molecule has 1 aliphatic heterocycles. The smallest absolute Gasteiger partial charge is 0.170 e. The van der Waals surface area contributed by atoms with E-state index in [-0.39, 0.29) is 12.1 Å². The quantitative estimate of drug-likeness (QED) is 0.543. The minimum atomic E-state index is -0.0211. The van der Waals surface area contributed by atoms with Gasteiger partial charge in [-0.25, -0.2) is 0 Å². The molecular weight excluding hydrogens is 406 g/mol. The molecule has 3 aromatic rings. The first-order chi connectivity index (χ1) is 15.1. The number of nitrogens with zero attached hydrogens (tertiary/aromatic N) is 4. The van der Waals surface area contributed by atoms with Crippen LogP contribution in [0.4, 0.5) is 0 Å². The molecule has 1 aromatic carbocycles. The zero-order chi connectivity index (χ0) is 21.8. The predicted molar refractivity (Wildman–Crippen MR) is 128 cm³/mol. The number of ether oxygens (including phenoxy) is 1. The fraction of sp³-hybridized carbons (Fsp3) is 0.333. The van der Waals surface area contributed by atoms with Crippen molar-refractivity contribution in [2.45, 2.75) is 19.0 Å². The predicted octanol–water partition coefficient (Wildman–Crippen LogP) is 3.81. The standard InChI is InChI=1S/C24H29N5OS/c1-4-30-19-12-10-18(11-13-19)28-15-7-9-21(28)23-22(20-8-5-6-14-25-20)26-24(31)29(23)17-16-27(2)3/h5-15,22-23H,4,16-17H2,1-3H3,(H,26,31). The number of aromatic nitrogens is 2. The average molecular weight is 436 g/mol. The maximum absolute atomic E-state index is 5.77. The van der Waals surface area contributed by atoms with E-state index >= 15 is 0 Å². The van der Waals surface area contributed by atoms with E-state index in [1.54, 1.807) is 0 Å². The molecule has 6 nitrogen and oxygen atoms in total. The molecule has 0 saturated carbocycles. The molecule has 0 amide bonds. The maximum atomic E-state index is 5.77. The summed E-state index contributed by atoms with van der Waals surface area (Å²) in [5, 5.41) is 4.30. The summed E-state index contributed by atoms with van der Waals surface area (Å²) in [6, 6.07) is 18.5. The summed E-state index contributed by atoms with van der Waals surface area (Å²) in [5.41, 5.74) is 3.25. The van der Waals surface area contributed by atoms with Gasteiger partial charge in [0.25, 0.3) is 0 Å². The second-order valence-corrected chi connectivity index (χ2v) is 8.24.